The van der Waals surface area contributed by atoms with Gasteiger partial charge in [0.1, 0.15) is 27.9 Å². The summed E-state index contributed by atoms with van der Waals surface area (Å²) >= 11 is 0. The summed E-state index contributed by atoms with van der Waals surface area (Å²) in [6.07, 6.45) is -4.48. The minimum Gasteiger partial charge on any atom is -0.394 e. The average Bonchev–Trinajstić information content (AvgIpc) is 3.11. The van der Waals surface area contributed by atoms with Gasteiger partial charge in [-0.2, -0.15) is 19.1 Å². The van der Waals surface area contributed by atoms with Crippen molar-refractivity contribution in [1.29, 1.82) is 10.5 Å². The molecule has 188 valence electrons. The Morgan fingerprint density at radius 3 is 1.62 bits per heavy atom. The van der Waals surface area contributed by atoms with Gasteiger partial charge in [0.25, 0.3) is 0 Å². The Balaban J connectivity index is 0.000000437. The highest BCUT2D eigenvalue weighted by Gasteiger charge is 2.45. The van der Waals surface area contributed by atoms with Crippen LogP contribution in [0.5, 0.6) is 0 Å². The molecule has 0 spiro atoms. The fourth-order valence-electron chi connectivity index (χ4n) is 2.64. The van der Waals surface area contributed by atoms with Gasteiger partial charge in [0.05, 0.1) is 49.4 Å². The van der Waals surface area contributed by atoms with Crippen LogP contribution in [0, 0.1) is 34.5 Å². The van der Waals surface area contributed by atoms with E-state index in [-0.39, 0.29) is 6.61 Å². The summed E-state index contributed by atoms with van der Waals surface area (Å²) in [6.45, 7) is -1.19. The first-order valence-electron chi connectivity index (χ1n) is 8.83. The quantitative estimate of drug-likeness (QED) is 0.119. The topological polar surface area (TPSA) is 287 Å². The molecular formula is C12H19B2N2O15P3. The number of aliphatic hydroxyl groups excluding tert-OH is 3. The highest BCUT2D eigenvalue weighted by atomic mass is 31.3. The molecule has 2 aliphatic heterocycles. The first-order chi connectivity index (χ1) is 15.5. The van der Waals surface area contributed by atoms with Gasteiger partial charge in [-0.15, -0.1) is 0 Å². The Bertz CT molecular complexity index is 923. The van der Waals surface area contributed by atoms with Gasteiger partial charge < -0.3 is 44.4 Å². The molecule has 2 aliphatic rings. The third-order valence-electron chi connectivity index (χ3n) is 4.17. The van der Waals surface area contributed by atoms with Crippen molar-refractivity contribution in [3.8, 4) is 12.1 Å². The number of hydrogen-bond acceptors (Lipinski definition) is 13. The van der Waals surface area contributed by atoms with Crippen LogP contribution in [0.1, 0.15) is 0 Å². The lowest BCUT2D eigenvalue weighted by Gasteiger charge is -2.19. The van der Waals surface area contributed by atoms with Crippen LogP contribution in [0.4, 0.5) is 0 Å². The fraction of sp³-hybridized carbons (Fsp3) is 0.833. The average molecular weight is 546 g/mol. The zero-order valence-electron chi connectivity index (χ0n) is 16.8. The van der Waals surface area contributed by atoms with E-state index in [4.69, 9.17) is 55.5 Å². The number of ether oxygens (including phenoxy) is 2. The molecule has 4 radical (unpaired) electrons. The summed E-state index contributed by atoms with van der Waals surface area (Å²) < 4.78 is 53.9. The minimum atomic E-state index is -5.62. The maximum atomic E-state index is 11.4. The first kappa shape index (κ1) is 31.3. The van der Waals surface area contributed by atoms with Gasteiger partial charge in [0.2, 0.25) is 0 Å². The fourth-order valence-corrected chi connectivity index (χ4v) is 5.67. The predicted molar refractivity (Wildman–Crippen MR) is 106 cm³/mol. The van der Waals surface area contributed by atoms with Gasteiger partial charge in [-0.3, -0.25) is 4.52 Å². The van der Waals surface area contributed by atoms with Crippen LogP contribution >= 0.6 is 23.5 Å². The van der Waals surface area contributed by atoms with Crippen LogP contribution in [0.25, 0.3) is 0 Å². The second kappa shape index (κ2) is 12.5. The van der Waals surface area contributed by atoms with Crippen LogP contribution in [0.15, 0.2) is 0 Å². The number of aliphatic hydroxyl groups is 3. The molecule has 10 atom stereocenters. The molecule has 7 N–H and O–H groups in total. The number of nitrogens with zero attached hydrogens (tertiary/aromatic N) is 2. The van der Waals surface area contributed by atoms with E-state index in [1.54, 1.807) is 6.07 Å². The number of nitriles is 2. The summed E-state index contributed by atoms with van der Waals surface area (Å²) in [5.41, 5.74) is 0. The van der Waals surface area contributed by atoms with E-state index in [1.165, 1.54) is 0 Å². The summed E-state index contributed by atoms with van der Waals surface area (Å²) in [6, 6.07) is 1.49. The summed E-state index contributed by atoms with van der Waals surface area (Å²) in [5, 5.41) is 44.7. The second-order valence-corrected chi connectivity index (χ2v) is 11.1. The molecule has 0 aromatic carbocycles. The third-order valence-corrected chi connectivity index (χ3v) is 7.97. The molecule has 2 heterocycles. The second-order valence-electron chi connectivity index (χ2n) is 6.64. The summed E-state index contributed by atoms with van der Waals surface area (Å²) in [4.78, 5) is 34.8. The molecule has 17 nitrogen and oxygen atoms in total. The lowest BCUT2D eigenvalue weighted by molar-refractivity contribution is -0.00472. The van der Waals surface area contributed by atoms with E-state index in [0.717, 1.165) is 0 Å². The monoisotopic (exact) mass is 546 g/mol. The van der Waals surface area contributed by atoms with Gasteiger partial charge in [-0.05, 0) is 0 Å². The maximum absolute atomic E-state index is 11.4. The third kappa shape index (κ3) is 9.41. The Morgan fingerprint density at radius 1 is 0.824 bits per heavy atom. The molecule has 34 heavy (non-hydrogen) atoms. The molecule has 0 bridgehead atoms. The van der Waals surface area contributed by atoms with Gasteiger partial charge >= 0.3 is 23.5 Å². The molecule has 2 fully saturated rings. The summed E-state index contributed by atoms with van der Waals surface area (Å²) in [5.74, 6) is -1.86. The minimum absolute atomic E-state index is 0.312. The van der Waals surface area contributed by atoms with Crippen LogP contribution in [-0.2, 0) is 36.3 Å². The molecule has 0 amide bonds. The number of rotatable bonds is 8. The van der Waals surface area contributed by atoms with Crippen molar-refractivity contribution < 1.29 is 71.2 Å². The van der Waals surface area contributed by atoms with Crippen molar-refractivity contribution in [3.63, 3.8) is 0 Å². The molecule has 22 heteroatoms. The van der Waals surface area contributed by atoms with Crippen molar-refractivity contribution in [1.82, 2.24) is 0 Å². The van der Waals surface area contributed by atoms with E-state index >= 15 is 0 Å². The van der Waals surface area contributed by atoms with Crippen molar-refractivity contribution >= 4 is 39.2 Å². The van der Waals surface area contributed by atoms with E-state index in [1.807, 2.05) is 6.07 Å². The molecule has 0 saturated carbocycles. The van der Waals surface area contributed by atoms with Gasteiger partial charge in [-0.1, -0.05) is 0 Å². The molecule has 2 saturated heterocycles. The molecule has 2 rings (SSSR count). The number of phosphoric acid groups is 3. The van der Waals surface area contributed by atoms with Crippen molar-refractivity contribution in [2.75, 3.05) is 13.2 Å². The van der Waals surface area contributed by atoms with Crippen LogP contribution in [-0.4, -0.2) is 100 Å². The lowest BCUT2D eigenvalue weighted by atomic mass is 9.86. The van der Waals surface area contributed by atoms with E-state index in [9.17, 15) is 28.8 Å². The van der Waals surface area contributed by atoms with Crippen LogP contribution in [0.3, 0.4) is 0 Å². The van der Waals surface area contributed by atoms with Crippen LogP contribution < -0.4 is 0 Å². The highest BCUT2D eigenvalue weighted by Crippen LogP contribution is 2.66. The van der Waals surface area contributed by atoms with E-state index in [0.29, 0.717) is 0 Å². The van der Waals surface area contributed by atoms with Crippen molar-refractivity contribution in [2.45, 2.75) is 36.4 Å². The molecule has 0 aromatic rings. The first-order valence-corrected chi connectivity index (χ1v) is 13.4. The van der Waals surface area contributed by atoms with Gasteiger partial charge in [0.15, 0.2) is 0 Å². The zero-order valence-corrected chi connectivity index (χ0v) is 19.5. The molecule has 0 aromatic heterocycles. The standard InChI is InChI=1S/C6H11BNO12P3.C6H8BNO3/c7-6-3(1-8)5(9)4(18-6)2-17-22(13,14)20-23(15,16)19-21(10,11)12;7-6-3(1-8)5(10)4(2-9)11-6/h3-6,9H,2H2,(H,13,14)(H,15,16)(H2,10,11,12);3-6,9-10H,2H2/t2*3?,4-,5-,6-/m11/s1. The lowest BCUT2D eigenvalue weighted by Crippen LogP contribution is -2.29. The Labute approximate surface area is 195 Å². The van der Waals surface area contributed by atoms with Crippen LogP contribution in [0.2, 0.25) is 0 Å². The maximum Gasteiger partial charge on any atom is 0.490 e. The predicted octanol–water partition coefficient (Wildman–Crippen LogP) is -2.90. The highest BCUT2D eigenvalue weighted by molar-refractivity contribution is 7.66. The Morgan fingerprint density at radius 2 is 1.26 bits per heavy atom. The Kier molecular flexibility index (Phi) is 11.5. The summed E-state index contributed by atoms with van der Waals surface area (Å²) in [7, 11) is -5.74. The smallest absolute Gasteiger partial charge is 0.394 e. The van der Waals surface area contributed by atoms with E-state index < -0.39 is 78.3 Å². The van der Waals surface area contributed by atoms with Crippen molar-refractivity contribution in [2.24, 2.45) is 11.8 Å². The zero-order chi connectivity index (χ0) is 26.5. The normalized spacial score (nSPS) is 36.9. The molecule has 0 aliphatic carbocycles. The molecular weight excluding hydrogens is 527 g/mol. The van der Waals surface area contributed by atoms with Gasteiger partial charge in [-0.25, -0.2) is 13.7 Å². The SMILES string of the molecule is [B][C@@H]1O[C@H](CO)[C@H](O)C1C#N.[B][C@@H]1O[C@H](COP(=O)(O)OP(=O)(O)OP(=O)(O)O)[C@H](O)C1C#N. The van der Waals surface area contributed by atoms with E-state index in [2.05, 4.69) is 13.1 Å². The molecule has 4 unspecified atom stereocenters. The Hall–Kier alpha value is -0.680. The van der Waals surface area contributed by atoms with Crippen molar-refractivity contribution in [3.05, 3.63) is 0 Å². The largest absolute Gasteiger partial charge is 0.490 e. The number of hydrogen-bond donors (Lipinski definition) is 7. The number of phosphoric ester groups is 1. The van der Waals surface area contributed by atoms with Gasteiger partial charge in [0, 0.05) is 12.0 Å².